The van der Waals surface area contributed by atoms with Gasteiger partial charge in [-0.3, -0.25) is 0 Å². The van der Waals surface area contributed by atoms with Gasteiger partial charge < -0.3 is 10.3 Å². The molecule has 15 heavy (non-hydrogen) atoms. The maximum absolute atomic E-state index is 5.76. The fourth-order valence-electron chi connectivity index (χ4n) is 1.44. The van der Waals surface area contributed by atoms with E-state index in [0.29, 0.717) is 0 Å². The Morgan fingerprint density at radius 1 is 1.47 bits per heavy atom. The highest BCUT2D eigenvalue weighted by Gasteiger charge is 2.06. The van der Waals surface area contributed by atoms with Crippen LogP contribution in [0, 0.1) is 0 Å². The van der Waals surface area contributed by atoms with Gasteiger partial charge in [0.1, 0.15) is 10.8 Å². The van der Waals surface area contributed by atoms with Crippen molar-refractivity contribution in [2.24, 2.45) is 5.73 Å². The molecule has 0 aromatic carbocycles. The molecule has 2 N–H and O–H groups in total. The van der Waals surface area contributed by atoms with E-state index in [1.54, 1.807) is 11.3 Å². The molecule has 5 heteroatoms. The van der Waals surface area contributed by atoms with Crippen LogP contribution in [0.15, 0.2) is 24.0 Å². The van der Waals surface area contributed by atoms with Crippen molar-refractivity contribution in [3.63, 3.8) is 0 Å². The van der Waals surface area contributed by atoms with Gasteiger partial charge >= 0.3 is 0 Å². The van der Waals surface area contributed by atoms with Crippen molar-refractivity contribution in [1.82, 2.24) is 14.5 Å². The standard InChI is InChI=1S/C10H14N4S/c1-8(11)6-9-12-2-4-14(9)7-10-13-3-5-15-10/h2-5,8H,6-7,11H2,1H3. The molecule has 1 unspecified atom stereocenters. The zero-order chi connectivity index (χ0) is 10.7. The zero-order valence-electron chi connectivity index (χ0n) is 8.63. The Morgan fingerprint density at radius 3 is 3.00 bits per heavy atom. The first-order chi connectivity index (χ1) is 7.25. The van der Waals surface area contributed by atoms with Gasteiger partial charge in [-0.2, -0.15) is 0 Å². The van der Waals surface area contributed by atoms with Crippen LogP contribution in [-0.4, -0.2) is 20.6 Å². The third-order valence-corrected chi connectivity index (χ3v) is 2.86. The van der Waals surface area contributed by atoms with Crippen LogP contribution in [0.3, 0.4) is 0 Å². The fourth-order valence-corrected chi connectivity index (χ4v) is 2.05. The first kappa shape index (κ1) is 10.3. The molecule has 0 radical (unpaired) electrons. The smallest absolute Gasteiger partial charge is 0.112 e. The predicted octanol–water partition coefficient (Wildman–Crippen LogP) is 1.28. The van der Waals surface area contributed by atoms with Gasteiger partial charge in [0.05, 0.1) is 6.54 Å². The van der Waals surface area contributed by atoms with Crippen LogP contribution in [0.2, 0.25) is 0 Å². The molecular weight excluding hydrogens is 208 g/mol. The molecule has 2 rings (SSSR count). The molecule has 0 saturated heterocycles. The van der Waals surface area contributed by atoms with Gasteiger partial charge in [0.2, 0.25) is 0 Å². The summed E-state index contributed by atoms with van der Waals surface area (Å²) in [6, 6.07) is 0.141. The summed E-state index contributed by atoms with van der Waals surface area (Å²) < 4.78 is 2.10. The van der Waals surface area contributed by atoms with Crippen molar-refractivity contribution in [1.29, 1.82) is 0 Å². The van der Waals surface area contributed by atoms with Gasteiger partial charge in [0.25, 0.3) is 0 Å². The lowest BCUT2D eigenvalue weighted by Gasteiger charge is -2.07. The molecule has 2 aromatic rings. The molecule has 0 aliphatic carbocycles. The second kappa shape index (κ2) is 4.55. The summed E-state index contributed by atoms with van der Waals surface area (Å²) >= 11 is 1.66. The minimum atomic E-state index is 0.141. The SMILES string of the molecule is CC(N)Cc1nccn1Cc1nccs1. The molecule has 0 aliphatic heterocycles. The third-order valence-electron chi connectivity index (χ3n) is 2.10. The van der Waals surface area contributed by atoms with Crippen molar-refractivity contribution in [2.45, 2.75) is 25.9 Å². The number of aromatic nitrogens is 3. The summed E-state index contributed by atoms with van der Waals surface area (Å²) in [6.45, 7) is 2.78. The van der Waals surface area contributed by atoms with Crippen molar-refractivity contribution in [2.75, 3.05) is 0 Å². The van der Waals surface area contributed by atoms with Crippen LogP contribution in [0.5, 0.6) is 0 Å². The van der Waals surface area contributed by atoms with Crippen molar-refractivity contribution < 1.29 is 0 Å². The van der Waals surface area contributed by atoms with E-state index >= 15 is 0 Å². The minimum Gasteiger partial charge on any atom is -0.328 e. The quantitative estimate of drug-likeness (QED) is 0.847. The monoisotopic (exact) mass is 222 g/mol. The number of nitrogens with two attached hydrogens (primary N) is 1. The van der Waals surface area contributed by atoms with Gasteiger partial charge in [-0.25, -0.2) is 9.97 Å². The van der Waals surface area contributed by atoms with Crippen LogP contribution >= 0.6 is 11.3 Å². The van der Waals surface area contributed by atoms with E-state index < -0.39 is 0 Å². The molecule has 80 valence electrons. The Kier molecular flexibility index (Phi) is 3.13. The Labute approximate surface area is 92.8 Å². The fraction of sp³-hybridized carbons (Fsp3) is 0.400. The van der Waals surface area contributed by atoms with Crippen LogP contribution in [-0.2, 0) is 13.0 Å². The van der Waals surface area contributed by atoms with Gasteiger partial charge in [-0.05, 0) is 6.92 Å². The first-order valence-electron chi connectivity index (χ1n) is 4.89. The summed E-state index contributed by atoms with van der Waals surface area (Å²) in [5.74, 6) is 1.03. The Balaban J connectivity index is 2.11. The number of imidazole rings is 1. The average Bonchev–Trinajstić information content (AvgIpc) is 2.78. The van der Waals surface area contributed by atoms with Gasteiger partial charge in [-0.15, -0.1) is 11.3 Å². The lowest BCUT2D eigenvalue weighted by molar-refractivity contribution is 0.647. The van der Waals surface area contributed by atoms with Gasteiger partial charge in [0.15, 0.2) is 0 Å². The predicted molar refractivity (Wildman–Crippen MR) is 60.8 cm³/mol. The molecule has 0 fully saturated rings. The van der Waals surface area contributed by atoms with E-state index in [9.17, 15) is 0 Å². The van der Waals surface area contributed by atoms with Crippen LogP contribution < -0.4 is 5.73 Å². The summed E-state index contributed by atoms with van der Waals surface area (Å²) in [5, 5.41) is 3.08. The Hall–Kier alpha value is -1.20. The molecule has 0 bridgehead atoms. The van der Waals surface area contributed by atoms with Crippen LogP contribution in [0.25, 0.3) is 0 Å². The van der Waals surface area contributed by atoms with E-state index in [2.05, 4.69) is 14.5 Å². The molecule has 0 saturated carbocycles. The molecule has 1 atom stereocenters. The van der Waals surface area contributed by atoms with Crippen LogP contribution in [0.4, 0.5) is 0 Å². The maximum atomic E-state index is 5.76. The molecule has 0 spiro atoms. The van der Waals surface area contributed by atoms with Gasteiger partial charge in [0, 0.05) is 36.4 Å². The van der Waals surface area contributed by atoms with Crippen molar-refractivity contribution >= 4 is 11.3 Å². The summed E-state index contributed by atoms with van der Waals surface area (Å²) in [5.41, 5.74) is 5.76. The minimum absolute atomic E-state index is 0.141. The molecule has 0 amide bonds. The Bertz CT molecular complexity index is 405. The van der Waals surface area contributed by atoms with E-state index in [1.165, 1.54) is 0 Å². The lowest BCUT2D eigenvalue weighted by atomic mass is 10.2. The summed E-state index contributed by atoms with van der Waals surface area (Å²) in [6.07, 6.45) is 6.41. The van der Waals surface area contributed by atoms with E-state index in [-0.39, 0.29) is 6.04 Å². The molecule has 2 aromatic heterocycles. The number of rotatable bonds is 4. The van der Waals surface area contributed by atoms with E-state index in [0.717, 1.165) is 23.8 Å². The molecular formula is C10H14N4S. The molecule has 2 heterocycles. The third kappa shape index (κ3) is 2.64. The topological polar surface area (TPSA) is 56.7 Å². The van der Waals surface area contributed by atoms with Crippen molar-refractivity contribution in [3.8, 4) is 0 Å². The highest BCUT2D eigenvalue weighted by molar-refractivity contribution is 7.09. The number of nitrogens with zero attached hydrogens (tertiary/aromatic N) is 3. The van der Waals surface area contributed by atoms with Gasteiger partial charge in [-0.1, -0.05) is 0 Å². The normalized spacial score (nSPS) is 12.9. The summed E-state index contributed by atoms with van der Waals surface area (Å²) in [7, 11) is 0. The molecule has 0 aliphatic rings. The zero-order valence-corrected chi connectivity index (χ0v) is 9.44. The van der Waals surface area contributed by atoms with Crippen molar-refractivity contribution in [3.05, 3.63) is 34.8 Å². The Morgan fingerprint density at radius 2 is 2.33 bits per heavy atom. The summed E-state index contributed by atoms with van der Waals surface area (Å²) in [4.78, 5) is 8.55. The second-order valence-electron chi connectivity index (χ2n) is 3.58. The maximum Gasteiger partial charge on any atom is 0.112 e. The number of hydrogen-bond donors (Lipinski definition) is 1. The largest absolute Gasteiger partial charge is 0.328 e. The first-order valence-corrected chi connectivity index (χ1v) is 5.77. The number of hydrogen-bond acceptors (Lipinski definition) is 4. The highest BCUT2D eigenvalue weighted by atomic mass is 32.1. The second-order valence-corrected chi connectivity index (χ2v) is 4.56. The van der Waals surface area contributed by atoms with Crippen LogP contribution in [0.1, 0.15) is 17.8 Å². The average molecular weight is 222 g/mol. The lowest BCUT2D eigenvalue weighted by Crippen LogP contribution is -2.20. The van der Waals surface area contributed by atoms with E-state index in [4.69, 9.17) is 5.73 Å². The number of thiazole rings is 1. The van der Waals surface area contributed by atoms with E-state index in [1.807, 2.05) is 30.9 Å². The molecule has 4 nitrogen and oxygen atoms in total. The highest BCUT2D eigenvalue weighted by Crippen LogP contribution is 2.09.